The zero-order valence-electron chi connectivity index (χ0n) is 7.64. The summed E-state index contributed by atoms with van der Waals surface area (Å²) in [6.45, 7) is 0.519. The van der Waals surface area contributed by atoms with Gasteiger partial charge in [-0.1, -0.05) is 5.21 Å². The molecule has 0 saturated heterocycles. The molecule has 1 aromatic heterocycles. The first-order chi connectivity index (χ1) is 6.18. The molecule has 1 heterocycles. The van der Waals surface area contributed by atoms with Gasteiger partial charge in [0.1, 0.15) is 11.8 Å². The fraction of sp³-hybridized carbons (Fsp3) is 0.750. The van der Waals surface area contributed by atoms with Crippen molar-refractivity contribution in [3.8, 4) is 0 Å². The number of hydrogen-bond donors (Lipinski definition) is 2. The van der Waals surface area contributed by atoms with E-state index in [1.165, 1.54) is 0 Å². The average Bonchev–Trinajstić information content (AvgIpc) is 2.82. The average molecular weight is 182 g/mol. The lowest BCUT2D eigenvalue weighted by Crippen LogP contribution is -2.23. The number of hydrogen-bond acceptors (Lipinski definition) is 4. The Kier molecular flexibility index (Phi) is 1.85. The van der Waals surface area contributed by atoms with E-state index in [0.29, 0.717) is 12.2 Å². The quantitative estimate of drug-likeness (QED) is 0.666. The van der Waals surface area contributed by atoms with Crippen LogP contribution in [-0.4, -0.2) is 26.6 Å². The molecule has 13 heavy (non-hydrogen) atoms. The molecular formula is C8H14N4O. The summed E-state index contributed by atoms with van der Waals surface area (Å²) in [6, 6.07) is 0. The van der Waals surface area contributed by atoms with Crippen molar-refractivity contribution in [2.75, 3.05) is 6.54 Å². The van der Waals surface area contributed by atoms with Crippen LogP contribution in [0.1, 0.15) is 24.6 Å². The van der Waals surface area contributed by atoms with E-state index in [-0.39, 0.29) is 5.41 Å². The van der Waals surface area contributed by atoms with Crippen molar-refractivity contribution in [3.05, 3.63) is 11.9 Å². The van der Waals surface area contributed by atoms with Gasteiger partial charge in [0, 0.05) is 19.0 Å². The van der Waals surface area contributed by atoms with Gasteiger partial charge in [0.05, 0.1) is 6.20 Å². The maximum Gasteiger partial charge on any atom is 0.112 e. The Morgan fingerprint density at radius 3 is 2.85 bits per heavy atom. The molecule has 3 N–H and O–H groups in total. The van der Waals surface area contributed by atoms with Crippen molar-refractivity contribution in [1.29, 1.82) is 0 Å². The summed E-state index contributed by atoms with van der Waals surface area (Å²) in [5, 5.41) is 17.6. The Bertz CT molecular complexity index is 305. The Morgan fingerprint density at radius 2 is 2.46 bits per heavy atom. The maximum atomic E-state index is 9.93. The zero-order chi connectivity index (χ0) is 9.47. The van der Waals surface area contributed by atoms with Crippen molar-refractivity contribution in [2.24, 2.45) is 18.2 Å². The number of aromatic nitrogens is 3. The number of rotatable bonds is 3. The van der Waals surface area contributed by atoms with Gasteiger partial charge in [0.15, 0.2) is 0 Å². The van der Waals surface area contributed by atoms with E-state index >= 15 is 0 Å². The lowest BCUT2D eigenvalue weighted by Gasteiger charge is -2.17. The van der Waals surface area contributed by atoms with Gasteiger partial charge in [0.25, 0.3) is 0 Å². The first-order valence-corrected chi connectivity index (χ1v) is 4.42. The topological polar surface area (TPSA) is 77.0 Å². The predicted molar refractivity (Wildman–Crippen MR) is 46.7 cm³/mol. The number of aliphatic hydroxyl groups excluding tert-OH is 1. The normalized spacial score (nSPS) is 21.5. The minimum Gasteiger partial charge on any atom is -0.386 e. The molecule has 1 fully saturated rings. The van der Waals surface area contributed by atoms with Gasteiger partial charge < -0.3 is 10.8 Å². The lowest BCUT2D eigenvalue weighted by molar-refractivity contribution is 0.0933. The number of nitrogens with two attached hydrogens (primary N) is 1. The van der Waals surface area contributed by atoms with E-state index in [2.05, 4.69) is 10.3 Å². The third-order valence-electron chi connectivity index (χ3n) is 2.78. The second kappa shape index (κ2) is 2.78. The number of aliphatic hydroxyl groups is 1. The highest BCUT2D eigenvalue weighted by atomic mass is 16.3. The Hall–Kier alpha value is -0.940. The van der Waals surface area contributed by atoms with Crippen LogP contribution in [0.5, 0.6) is 0 Å². The largest absolute Gasteiger partial charge is 0.386 e. The van der Waals surface area contributed by atoms with Gasteiger partial charge in [-0.15, -0.1) is 5.10 Å². The van der Waals surface area contributed by atoms with E-state index < -0.39 is 6.10 Å². The molecule has 1 aliphatic carbocycles. The van der Waals surface area contributed by atoms with E-state index in [9.17, 15) is 5.11 Å². The van der Waals surface area contributed by atoms with Gasteiger partial charge >= 0.3 is 0 Å². The third kappa shape index (κ3) is 1.34. The van der Waals surface area contributed by atoms with Gasteiger partial charge in [-0.25, -0.2) is 0 Å². The molecule has 72 valence electrons. The Balaban J connectivity index is 2.17. The summed E-state index contributed by atoms with van der Waals surface area (Å²) in [7, 11) is 1.78. The van der Waals surface area contributed by atoms with E-state index in [0.717, 1.165) is 12.8 Å². The molecule has 1 aliphatic rings. The molecular weight excluding hydrogens is 168 g/mol. The van der Waals surface area contributed by atoms with Crippen LogP contribution < -0.4 is 5.73 Å². The highest BCUT2D eigenvalue weighted by Gasteiger charge is 2.49. The summed E-state index contributed by atoms with van der Waals surface area (Å²) in [5.74, 6) is 0. The second-order valence-corrected chi connectivity index (χ2v) is 3.79. The molecule has 5 nitrogen and oxygen atoms in total. The first-order valence-electron chi connectivity index (χ1n) is 4.42. The molecule has 0 amide bonds. The van der Waals surface area contributed by atoms with Crippen molar-refractivity contribution in [3.63, 3.8) is 0 Å². The van der Waals surface area contributed by atoms with Crippen LogP contribution in [0.25, 0.3) is 0 Å². The third-order valence-corrected chi connectivity index (χ3v) is 2.78. The summed E-state index contributed by atoms with van der Waals surface area (Å²) in [4.78, 5) is 0. The fourth-order valence-corrected chi connectivity index (χ4v) is 1.55. The summed E-state index contributed by atoms with van der Waals surface area (Å²) >= 11 is 0. The molecule has 1 unspecified atom stereocenters. The summed E-state index contributed by atoms with van der Waals surface area (Å²) in [5.41, 5.74) is 6.11. The molecule has 1 atom stereocenters. The van der Waals surface area contributed by atoms with E-state index in [4.69, 9.17) is 5.73 Å². The number of aryl methyl sites for hydroxylation is 1. The SMILES string of the molecule is Cn1cc(C(O)C2(CN)CC2)nn1. The van der Waals surface area contributed by atoms with Crippen molar-refractivity contribution in [1.82, 2.24) is 15.0 Å². The van der Waals surface area contributed by atoms with Crippen LogP contribution in [0.15, 0.2) is 6.20 Å². The standard InChI is InChI=1S/C8H14N4O/c1-12-4-6(10-11-12)7(13)8(5-9)2-3-8/h4,7,13H,2-3,5,9H2,1H3. The molecule has 0 aliphatic heterocycles. The van der Waals surface area contributed by atoms with Gasteiger partial charge in [0.2, 0.25) is 0 Å². The van der Waals surface area contributed by atoms with Gasteiger partial charge in [-0.3, -0.25) is 4.68 Å². The van der Waals surface area contributed by atoms with Gasteiger partial charge in [-0.2, -0.15) is 0 Å². The van der Waals surface area contributed by atoms with Crippen LogP contribution in [0.2, 0.25) is 0 Å². The molecule has 1 aromatic rings. The summed E-state index contributed by atoms with van der Waals surface area (Å²) in [6.07, 6.45) is 3.16. The highest BCUT2D eigenvalue weighted by Crippen LogP contribution is 2.53. The molecule has 0 spiro atoms. The number of nitrogens with zero attached hydrogens (tertiary/aromatic N) is 3. The molecule has 2 rings (SSSR count). The molecule has 0 bridgehead atoms. The lowest BCUT2D eigenvalue weighted by atomic mass is 9.97. The molecule has 1 saturated carbocycles. The minimum atomic E-state index is -0.550. The first kappa shape index (κ1) is 8.65. The van der Waals surface area contributed by atoms with Crippen LogP contribution in [0.3, 0.4) is 0 Å². The smallest absolute Gasteiger partial charge is 0.112 e. The minimum absolute atomic E-state index is 0.115. The highest BCUT2D eigenvalue weighted by molar-refractivity contribution is 5.10. The monoisotopic (exact) mass is 182 g/mol. The Morgan fingerprint density at radius 1 is 1.77 bits per heavy atom. The van der Waals surface area contributed by atoms with E-state index in [1.54, 1.807) is 17.9 Å². The molecule has 5 heteroatoms. The zero-order valence-corrected chi connectivity index (χ0v) is 7.64. The van der Waals surface area contributed by atoms with E-state index in [1.807, 2.05) is 0 Å². The Labute approximate surface area is 76.5 Å². The molecule has 0 radical (unpaired) electrons. The van der Waals surface area contributed by atoms with Crippen LogP contribution in [0, 0.1) is 5.41 Å². The fourth-order valence-electron chi connectivity index (χ4n) is 1.55. The van der Waals surface area contributed by atoms with Crippen LogP contribution in [0.4, 0.5) is 0 Å². The predicted octanol–water partition coefficient (Wildman–Crippen LogP) is -0.413. The van der Waals surface area contributed by atoms with Crippen molar-refractivity contribution in [2.45, 2.75) is 18.9 Å². The van der Waals surface area contributed by atoms with Crippen LogP contribution >= 0.6 is 0 Å². The van der Waals surface area contributed by atoms with Crippen LogP contribution in [-0.2, 0) is 7.05 Å². The summed E-state index contributed by atoms with van der Waals surface area (Å²) < 4.78 is 1.59. The van der Waals surface area contributed by atoms with Gasteiger partial charge in [-0.05, 0) is 12.8 Å². The second-order valence-electron chi connectivity index (χ2n) is 3.79. The van der Waals surface area contributed by atoms with Crippen molar-refractivity contribution >= 4 is 0 Å². The van der Waals surface area contributed by atoms with Crippen molar-refractivity contribution < 1.29 is 5.11 Å². The maximum absolute atomic E-state index is 9.93. The molecule has 0 aromatic carbocycles.